The van der Waals surface area contributed by atoms with Gasteiger partial charge in [-0.3, -0.25) is 0 Å². The molecule has 1 rings (SSSR count). The van der Waals surface area contributed by atoms with Crippen LogP contribution in [0.4, 0.5) is 0 Å². The molecule has 14 heavy (non-hydrogen) atoms. The van der Waals surface area contributed by atoms with E-state index in [0.29, 0.717) is 18.1 Å². The molecule has 0 aliphatic heterocycles. The fourth-order valence-corrected chi connectivity index (χ4v) is 1.28. The third kappa shape index (κ3) is 3.07. The summed E-state index contributed by atoms with van der Waals surface area (Å²) in [5.74, 6) is 0.365. The van der Waals surface area contributed by atoms with Gasteiger partial charge in [-0.25, -0.2) is 4.79 Å². The molecule has 1 aromatic rings. The van der Waals surface area contributed by atoms with E-state index in [-0.39, 0.29) is 5.97 Å². The Kier molecular flexibility index (Phi) is 4.53. The third-order valence-electron chi connectivity index (χ3n) is 1.81. The molecule has 0 atom stereocenters. The molecule has 0 aliphatic carbocycles. The fourth-order valence-electron chi connectivity index (χ4n) is 1.16. The zero-order valence-corrected chi connectivity index (χ0v) is 8.96. The highest BCUT2D eigenvalue weighted by atomic mass is 35.5. The van der Waals surface area contributed by atoms with E-state index in [1.807, 2.05) is 10.8 Å². The number of hydrogen-bond acceptors (Lipinski definition) is 2. The van der Waals surface area contributed by atoms with Crippen molar-refractivity contribution in [1.82, 2.24) is 4.57 Å². The SMILES string of the molecule is CCOC(=O)c1ccn(CCCCl)c1. The van der Waals surface area contributed by atoms with Crippen LogP contribution in [0.3, 0.4) is 0 Å². The second-order valence-corrected chi connectivity index (χ2v) is 3.28. The Morgan fingerprint density at radius 1 is 1.64 bits per heavy atom. The van der Waals surface area contributed by atoms with Crippen molar-refractivity contribution in [2.45, 2.75) is 19.9 Å². The molecule has 0 aromatic carbocycles. The second kappa shape index (κ2) is 5.70. The van der Waals surface area contributed by atoms with Gasteiger partial charge in [-0.1, -0.05) is 0 Å². The lowest BCUT2D eigenvalue weighted by atomic mass is 10.3. The summed E-state index contributed by atoms with van der Waals surface area (Å²) in [7, 11) is 0. The molecule has 0 unspecified atom stereocenters. The lowest BCUT2D eigenvalue weighted by Crippen LogP contribution is -2.03. The topological polar surface area (TPSA) is 31.2 Å². The van der Waals surface area contributed by atoms with E-state index >= 15 is 0 Å². The van der Waals surface area contributed by atoms with E-state index in [1.54, 1.807) is 19.2 Å². The predicted molar refractivity (Wildman–Crippen MR) is 55.7 cm³/mol. The van der Waals surface area contributed by atoms with Gasteiger partial charge in [-0.15, -0.1) is 11.6 Å². The number of nitrogens with zero attached hydrogens (tertiary/aromatic N) is 1. The van der Waals surface area contributed by atoms with Crippen LogP contribution in [0.1, 0.15) is 23.7 Å². The number of aromatic nitrogens is 1. The van der Waals surface area contributed by atoms with Gasteiger partial charge in [0.15, 0.2) is 0 Å². The van der Waals surface area contributed by atoms with Crippen molar-refractivity contribution in [3.05, 3.63) is 24.0 Å². The molecule has 0 radical (unpaired) electrons. The normalized spacial score (nSPS) is 10.1. The Hall–Kier alpha value is -0.960. The smallest absolute Gasteiger partial charge is 0.339 e. The largest absolute Gasteiger partial charge is 0.462 e. The molecular formula is C10H14ClNO2. The van der Waals surface area contributed by atoms with Gasteiger partial charge in [0.1, 0.15) is 0 Å². The Bertz CT molecular complexity index is 296. The maximum atomic E-state index is 11.3. The van der Waals surface area contributed by atoms with Crippen LogP contribution in [0.5, 0.6) is 0 Å². The zero-order chi connectivity index (χ0) is 10.4. The molecule has 0 saturated heterocycles. The first-order valence-corrected chi connectivity index (χ1v) is 5.20. The monoisotopic (exact) mass is 215 g/mol. The van der Waals surface area contributed by atoms with Crippen molar-refractivity contribution in [2.75, 3.05) is 12.5 Å². The van der Waals surface area contributed by atoms with Gasteiger partial charge in [0.25, 0.3) is 0 Å². The van der Waals surface area contributed by atoms with Crippen molar-refractivity contribution >= 4 is 17.6 Å². The molecule has 0 spiro atoms. The predicted octanol–water partition coefficient (Wildman–Crippen LogP) is 2.29. The Morgan fingerprint density at radius 3 is 3.07 bits per heavy atom. The first-order valence-electron chi connectivity index (χ1n) is 4.66. The quantitative estimate of drug-likeness (QED) is 0.558. The molecule has 3 nitrogen and oxygen atoms in total. The number of halogens is 1. The van der Waals surface area contributed by atoms with Crippen LogP contribution in [0.25, 0.3) is 0 Å². The Balaban J connectivity index is 2.54. The van der Waals surface area contributed by atoms with E-state index in [2.05, 4.69) is 0 Å². The van der Waals surface area contributed by atoms with E-state index < -0.39 is 0 Å². The highest BCUT2D eigenvalue weighted by molar-refractivity contribution is 6.17. The number of alkyl halides is 1. The van der Waals surface area contributed by atoms with Crippen molar-refractivity contribution < 1.29 is 9.53 Å². The van der Waals surface area contributed by atoms with Gasteiger partial charge in [0, 0.05) is 24.8 Å². The molecule has 1 heterocycles. The van der Waals surface area contributed by atoms with Crippen LogP contribution >= 0.6 is 11.6 Å². The second-order valence-electron chi connectivity index (χ2n) is 2.90. The lowest BCUT2D eigenvalue weighted by molar-refractivity contribution is 0.0526. The van der Waals surface area contributed by atoms with Gasteiger partial charge in [0.2, 0.25) is 0 Å². The molecule has 0 amide bonds. The number of carbonyl (C=O) groups is 1. The van der Waals surface area contributed by atoms with Gasteiger partial charge < -0.3 is 9.30 Å². The average Bonchev–Trinajstić information content (AvgIpc) is 2.63. The van der Waals surface area contributed by atoms with Crippen molar-refractivity contribution in [3.63, 3.8) is 0 Å². The van der Waals surface area contributed by atoms with Gasteiger partial charge in [-0.05, 0) is 19.4 Å². The maximum absolute atomic E-state index is 11.3. The molecule has 0 N–H and O–H groups in total. The molecule has 78 valence electrons. The zero-order valence-electron chi connectivity index (χ0n) is 8.20. The summed E-state index contributed by atoms with van der Waals surface area (Å²) in [6, 6.07) is 1.76. The minimum atomic E-state index is -0.267. The number of carbonyl (C=O) groups excluding carboxylic acids is 1. The van der Waals surface area contributed by atoms with Crippen LogP contribution in [0.15, 0.2) is 18.5 Å². The summed E-state index contributed by atoms with van der Waals surface area (Å²) >= 11 is 5.57. The minimum Gasteiger partial charge on any atom is -0.462 e. The van der Waals surface area contributed by atoms with E-state index in [4.69, 9.17) is 16.3 Å². The van der Waals surface area contributed by atoms with Crippen LogP contribution in [0, 0.1) is 0 Å². The third-order valence-corrected chi connectivity index (χ3v) is 2.08. The summed E-state index contributed by atoms with van der Waals surface area (Å²) in [6.45, 7) is 3.04. The molecule has 4 heteroatoms. The van der Waals surface area contributed by atoms with Crippen molar-refractivity contribution in [1.29, 1.82) is 0 Å². The first kappa shape index (κ1) is 11.1. The van der Waals surface area contributed by atoms with E-state index in [9.17, 15) is 4.79 Å². The average molecular weight is 216 g/mol. The molecule has 0 aliphatic rings. The molecule has 0 saturated carbocycles. The summed E-state index contributed by atoms with van der Waals surface area (Å²) < 4.78 is 6.81. The molecule has 0 fully saturated rings. The summed E-state index contributed by atoms with van der Waals surface area (Å²) in [5, 5.41) is 0. The van der Waals surface area contributed by atoms with Crippen LogP contribution in [-0.2, 0) is 11.3 Å². The van der Waals surface area contributed by atoms with E-state index in [1.165, 1.54) is 0 Å². The number of rotatable bonds is 5. The van der Waals surface area contributed by atoms with Crippen LogP contribution in [-0.4, -0.2) is 23.0 Å². The van der Waals surface area contributed by atoms with Gasteiger partial charge in [-0.2, -0.15) is 0 Å². The fraction of sp³-hybridized carbons (Fsp3) is 0.500. The summed E-state index contributed by atoms with van der Waals surface area (Å²) in [6.07, 6.45) is 4.54. The summed E-state index contributed by atoms with van der Waals surface area (Å²) in [4.78, 5) is 11.3. The van der Waals surface area contributed by atoms with Gasteiger partial charge in [0.05, 0.1) is 12.2 Å². The highest BCUT2D eigenvalue weighted by Crippen LogP contribution is 2.04. The van der Waals surface area contributed by atoms with Crippen LogP contribution < -0.4 is 0 Å². The highest BCUT2D eigenvalue weighted by Gasteiger charge is 2.07. The summed E-state index contributed by atoms with van der Waals surface area (Å²) in [5.41, 5.74) is 0.599. The standard InChI is InChI=1S/C10H14ClNO2/c1-2-14-10(13)9-4-7-12(8-9)6-3-5-11/h4,7-8H,2-3,5-6H2,1H3. The van der Waals surface area contributed by atoms with Gasteiger partial charge >= 0.3 is 5.97 Å². The lowest BCUT2D eigenvalue weighted by Gasteiger charge is -1.99. The van der Waals surface area contributed by atoms with Crippen molar-refractivity contribution in [3.8, 4) is 0 Å². The minimum absolute atomic E-state index is 0.267. The number of hydrogen-bond donors (Lipinski definition) is 0. The Morgan fingerprint density at radius 2 is 2.43 bits per heavy atom. The molecule has 1 aromatic heterocycles. The first-order chi connectivity index (χ1) is 6.77. The van der Waals surface area contributed by atoms with Crippen LogP contribution in [0.2, 0.25) is 0 Å². The maximum Gasteiger partial charge on any atom is 0.339 e. The number of esters is 1. The van der Waals surface area contributed by atoms with Crippen molar-refractivity contribution in [2.24, 2.45) is 0 Å². The molecular weight excluding hydrogens is 202 g/mol. The number of ether oxygens (including phenoxy) is 1. The molecule has 0 bridgehead atoms. The van der Waals surface area contributed by atoms with E-state index in [0.717, 1.165) is 13.0 Å². The Labute approximate surface area is 88.6 Å². The number of aryl methyl sites for hydroxylation is 1.